The van der Waals surface area contributed by atoms with E-state index in [0.29, 0.717) is 0 Å². The molecule has 0 saturated carbocycles. The second-order valence-electron chi connectivity index (χ2n) is 2.80. The van der Waals surface area contributed by atoms with E-state index in [9.17, 15) is 35.5 Å². The van der Waals surface area contributed by atoms with Gasteiger partial charge in [0.25, 0.3) is 0 Å². The summed E-state index contributed by atoms with van der Waals surface area (Å²) < 4.78 is 88.4. The van der Waals surface area contributed by atoms with Gasteiger partial charge in [0.2, 0.25) is 5.92 Å². The zero-order valence-corrected chi connectivity index (χ0v) is 8.32. The Morgan fingerprint density at radius 1 is 1.18 bits per heavy atom. The Labute approximate surface area is 91.0 Å². The van der Waals surface area contributed by atoms with Gasteiger partial charge in [-0.3, -0.25) is 0 Å². The zero-order chi connectivity index (χ0) is 13.9. The number of halogens is 7. The molecule has 9 heteroatoms. The normalized spacial score (nSPS) is 14.1. The average Bonchev–Trinajstić information content (AvgIpc) is 1.96. The standard InChI is InChI=1S/C8H7F7O2/c1-2-17-5(16)3-4(9)6(7(10,11)12)8(13,14)15/h3,6H,2H2,1H3/b4-3-. The molecule has 0 aromatic rings. The molecule has 0 unspecified atom stereocenters. The maximum atomic E-state index is 12.8. The summed E-state index contributed by atoms with van der Waals surface area (Å²) in [4.78, 5) is 10.5. The minimum atomic E-state index is -5.87. The van der Waals surface area contributed by atoms with Crippen molar-refractivity contribution in [2.45, 2.75) is 19.3 Å². The summed E-state index contributed by atoms with van der Waals surface area (Å²) >= 11 is 0. The van der Waals surface area contributed by atoms with E-state index in [2.05, 4.69) is 4.74 Å². The number of esters is 1. The van der Waals surface area contributed by atoms with Crippen LogP contribution in [0.4, 0.5) is 30.7 Å². The van der Waals surface area contributed by atoms with E-state index in [-0.39, 0.29) is 6.61 Å². The quantitative estimate of drug-likeness (QED) is 0.446. The lowest BCUT2D eigenvalue weighted by molar-refractivity contribution is -0.275. The van der Waals surface area contributed by atoms with Gasteiger partial charge in [-0.2, -0.15) is 26.3 Å². The number of allylic oxidation sites excluding steroid dienone is 1. The molecule has 17 heavy (non-hydrogen) atoms. The number of carbonyl (C=O) groups is 1. The zero-order valence-electron chi connectivity index (χ0n) is 8.32. The number of alkyl halides is 6. The van der Waals surface area contributed by atoms with Gasteiger partial charge in [-0.25, -0.2) is 9.18 Å². The molecule has 2 nitrogen and oxygen atoms in total. The minimum Gasteiger partial charge on any atom is -0.463 e. The lowest BCUT2D eigenvalue weighted by Gasteiger charge is -2.21. The molecule has 0 aliphatic heterocycles. The molecule has 0 atom stereocenters. The van der Waals surface area contributed by atoms with Gasteiger partial charge in [-0.15, -0.1) is 0 Å². The first-order valence-corrected chi connectivity index (χ1v) is 4.17. The fourth-order valence-corrected chi connectivity index (χ4v) is 0.878. The van der Waals surface area contributed by atoms with Crippen molar-refractivity contribution in [2.75, 3.05) is 6.61 Å². The molecule has 0 fully saturated rings. The number of carbonyl (C=O) groups excluding carboxylic acids is 1. The van der Waals surface area contributed by atoms with E-state index in [1.54, 1.807) is 0 Å². The van der Waals surface area contributed by atoms with E-state index in [1.165, 1.54) is 6.92 Å². The van der Waals surface area contributed by atoms with Crippen molar-refractivity contribution < 1.29 is 40.3 Å². The van der Waals surface area contributed by atoms with E-state index in [1.807, 2.05) is 0 Å². The fraction of sp³-hybridized carbons (Fsp3) is 0.625. The third kappa shape index (κ3) is 5.05. The smallest absolute Gasteiger partial charge is 0.406 e. The monoisotopic (exact) mass is 268 g/mol. The van der Waals surface area contributed by atoms with Gasteiger partial charge in [-0.1, -0.05) is 0 Å². The minimum absolute atomic E-state index is 0.300. The van der Waals surface area contributed by atoms with Gasteiger partial charge in [0.1, 0.15) is 5.83 Å². The summed E-state index contributed by atoms with van der Waals surface area (Å²) in [5, 5.41) is 0. The van der Waals surface area contributed by atoms with E-state index in [4.69, 9.17) is 0 Å². The molecule has 0 aromatic heterocycles. The Morgan fingerprint density at radius 2 is 1.59 bits per heavy atom. The van der Waals surface area contributed by atoms with Crippen LogP contribution < -0.4 is 0 Å². The Hall–Kier alpha value is -1.28. The SMILES string of the molecule is CCOC(=O)/C=C(\F)C(C(F)(F)F)C(F)(F)F. The molecule has 0 rings (SSSR count). The molecular formula is C8H7F7O2. The first kappa shape index (κ1) is 15.7. The predicted molar refractivity (Wildman–Crippen MR) is 41.4 cm³/mol. The highest BCUT2D eigenvalue weighted by Gasteiger charge is 2.59. The molecule has 0 heterocycles. The van der Waals surface area contributed by atoms with Crippen LogP contribution in [0.3, 0.4) is 0 Å². The van der Waals surface area contributed by atoms with Crippen molar-refractivity contribution in [3.8, 4) is 0 Å². The average molecular weight is 268 g/mol. The molecule has 0 aliphatic carbocycles. The third-order valence-electron chi connectivity index (χ3n) is 1.47. The van der Waals surface area contributed by atoms with Crippen LogP contribution in [0.2, 0.25) is 0 Å². The van der Waals surface area contributed by atoms with E-state index < -0.39 is 36.1 Å². The van der Waals surface area contributed by atoms with Gasteiger partial charge >= 0.3 is 18.3 Å². The maximum absolute atomic E-state index is 12.8. The van der Waals surface area contributed by atoms with E-state index >= 15 is 0 Å². The summed E-state index contributed by atoms with van der Waals surface area (Å²) in [5.74, 6) is -8.58. The molecule has 0 saturated heterocycles. The van der Waals surface area contributed by atoms with Gasteiger partial charge in [0.05, 0.1) is 12.7 Å². The third-order valence-corrected chi connectivity index (χ3v) is 1.47. The molecule has 0 spiro atoms. The highest BCUT2D eigenvalue weighted by atomic mass is 19.4. The highest BCUT2D eigenvalue weighted by molar-refractivity contribution is 5.82. The number of hydrogen-bond acceptors (Lipinski definition) is 2. The van der Waals surface area contributed by atoms with Gasteiger partial charge < -0.3 is 4.74 Å². The molecule has 0 amide bonds. The van der Waals surface area contributed by atoms with Crippen LogP contribution in [0.25, 0.3) is 0 Å². The molecule has 0 radical (unpaired) electrons. The highest BCUT2D eigenvalue weighted by Crippen LogP contribution is 2.44. The lowest BCUT2D eigenvalue weighted by Crippen LogP contribution is -2.37. The number of hydrogen-bond donors (Lipinski definition) is 0. The van der Waals surface area contributed by atoms with Crippen LogP contribution in [0, 0.1) is 5.92 Å². The molecule has 0 aromatic carbocycles. The molecule has 0 bridgehead atoms. The van der Waals surface area contributed by atoms with Crippen molar-refractivity contribution in [3.05, 3.63) is 11.9 Å². The van der Waals surface area contributed by atoms with Gasteiger partial charge in [0.15, 0.2) is 0 Å². The molecular weight excluding hydrogens is 261 g/mol. The Balaban J connectivity index is 5.16. The maximum Gasteiger partial charge on any atom is 0.406 e. The second-order valence-corrected chi connectivity index (χ2v) is 2.80. The van der Waals surface area contributed by atoms with Gasteiger partial charge in [0, 0.05) is 0 Å². The van der Waals surface area contributed by atoms with Crippen molar-refractivity contribution in [3.63, 3.8) is 0 Å². The van der Waals surface area contributed by atoms with Crippen molar-refractivity contribution in [1.29, 1.82) is 0 Å². The van der Waals surface area contributed by atoms with Crippen molar-refractivity contribution in [1.82, 2.24) is 0 Å². The predicted octanol–water partition coefficient (Wildman–Crippen LogP) is 3.14. The molecule has 100 valence electrons. The number of rotatable bonds is 3. The lowest BCUT2D eigenvalue weighted by atomic mass is 10.1. The summed E-state index contributed by atoms with van der Waals surface area (Å²) in [7, 11) is 0. The molecule has 0 aliphatic rings. The van der Waals surface area contributed by atoms with Gasteiger partial charge in [-0.05, 0) is 6.92 Å². The van der Waals surface area contributed by atoms with Crippen LogP contribution in [0.15, 0.2) is 11.9 Å². The van der Waals surface area contributed by atoms with Crippen LogP contribution in [-0.4, -0.2) is 24.9 Å². The Bertz CT molecular complexity index is 288. The second kappa shape index (κ2) is 5.37. The van der Waals surface area contributed by atoms with Crippen LogP contribution in [-0.2, 0) is 9.53 Å². The Morgan fingerprint density at radius 3 is 1.88 bits per heavy atom. The largest absolute Gasteiger partial charge is 0.463 e. The summed E-state index contributed by atoms with van der Waals surface area (Å²) in [6, 6.07) is 0. The first-order valence-electron chi connectivity index (χ1n) is 4.17. The summed E-state index contributed by atoms with van der Waals surface area (Å²) in [5.41, 5.74) is 0. The molecule has 0 N–H and O–H groups in total. The van der Waals surface area contributed by atoms with Crippen LogP contribution >= 0.6 is 0 Å². The van der Waals surface area contributed by atoms with Crippen LogP contribution in [0.1, 0.15) is 6.92 Å². The van der Waals surface area contributed by atoms with Crippen molar-refractivity contribution >= 4 is 5.97 Å². The number of ether oxygens (including phenoxy) is 1. The first-order chi connectivity index (χ1) is 7.50. The summed E-state index contributed by atoms with van der Waals surface area (Å²) in [6.07, 6.45) is -12.2. The van der Waals surface area contributed by atoms with Crippen molar-refractivity contribution in [2.24, 2.45) is 5.92 Å². The fourth-order valence-electron chi connectivity index (χ4n) is 0.878. The Kier molecular flexibility index (Phi) is 4.96. The summed E-state index contributed by atoms with van der Waals surface area (Å²) in [6.45, 7) is 0.958. The van der Waals surface area contributed by atoms with E-state index in [0.717, 1.165) is 0 Å². The topological polar surface area (TPSA) is 26.3 Å². The van der Waals surface area contributed by atoms with Crippen LogP contribution in [0.5, 0.6) is 0 Å².